The van der Waals surface area contributed by atoms with Gasteiger partial charge in [-0.05, 0) is 67.4 Å². The number of nitrogens with one attached hydrogen (secondary N) is 1. The highest BCUT2D eigenvalue weighted by molar-refractivity contribution is 7.89. The highest BCUT2D eigenvalue weighted by Gasteiger charge is 2.32. The van der Waals surface area contributed by atoms with Crippen molar-refractivity contribution in [2.45, 2.75) is 23.9 Å². The van der Waals surface area contributed by atoms with Crippen LogP contribution >= 0.6 is 0 Å². The van der Waals surface area contributed by atoms with Crippen molar-refractivity contribution < 1.29 is 26.4 Å². The summed E-state index contributed by atoms with van der Waals surface area (Å²) in [6.07, 6.45) is -1.54. The number of sulfonamides is 1. The molecule has 5 rings (SSSR count). The number of hydrogen-bond acceptors (Lipinski definition) is 4. The number of halogens is 3. The van der Waals surface area contributed by atoms with Gasteiger partial charge in [0.2, 0.25) is 10.0 Å². The zero-order valence-electron chi connectivity index (χ0n) is 18.9. The number of rotatable bonds is 5. The van der Waals surface area contributed by atoms with Crippen molar-refractivity contribution in [2.24, 2.45) is 0 Å². The average Bonchev–Trinajstić information content (AvgIpc) is 3.55. The summed E-state index contributed by atoms with van der Waals surface area (Å²) >= 11 is 0. The van der Waals surface area contributed by atoms with E-state index >= 15 is 0 Å². The maximum atomic E-state index is 13.4. The lowest BCUT2D eigenvalue weighted by Gasteiger charge is -2.17. The lowest BCUT2D eigenvalue weighted by atomic mass is 10.1. The molecule has 0 unspecified atom stereocenters. The van der Waals surface area contributed by atoms with Crippen LogP contribution in [0, 0.1) is 0 Å². The fraction of sp³-hybridized carbons (Fsp3) is 0.200. The molecule has 0 atom stereocenters. The van der Waals surface area contributed by atoms with Crippen LogP contribution in [0.3, 0.4) is 0 Å². The molecule has 7 nitrogen and oxygen atoms in total. The molecule has 1 aliphatic rings. The molecule has 1 amide bonds. The Morgan fingerprint density at radius 3 is 2.33 bits per heavy atom. The lowest BCUT2D eigenvalue weighted by molar-refractivity contribution is -0.137. The van der Waals surface area contributed by atoms with Gasteiger partial charge in [0.15, 0.2) is 0 Å². The van der Waals surface area contributed by atoms with Crippen LogP contribution in [-0.2, 0) is 16.2 Å². The largest absolute Gasteiger partial charge is 0.416 e. The zero-order valence-corrected chi connectivity index (χ0v) is 19.7. The Morgan fingerprint density at radius 1 is 0.944 bits per heavy atom. The molecule has 1 aliphatic heterocycles. The third-order valence-corrected chi connectivity index (χ3v) is 8.02. The molecule has 0 saturated carbocycles. The number of benzene rings is 3. The molecular weight excluding hydrogens is 493 g/mol. The summed E-state index contributed by atoms with van der Waals surface area (Å²) in [5.41, 5.74) is 0.728. The van der Waals surface area contributed by atoms with E-state index in [0.29, 0.717) is 29.8 Å². The van der Waals surface area contributed by atoms with Crippen LogP contribution in [-0.4, -0.2) is 41.3 Å². The number of aromatic nitrogens is 2. The Bertz CT molecular complexity index is 1540. The number of para-hydroxylation sites is 2. The second-order valence-electron chi connectivity index (χ2n) is 8.42. The van der Waals surface area contributed by atoms with Gasteiger partial charge >= 0.3 is 6.18 Å². The van der Waals surface area contributed by atoms with E-state index in [-0.39, 0.29) is 16.1 Å². The van der Waals surface area contributed by atoms with Gasteiger partial charge in [0.1, 0.15) is 6.33 Å². The molecule has 0 bridgehead atoms. The molecule has 36 heavy (non-hydrogen) atoms. The maximum absolute atomic E-state index is 13.4. The standard InChI is InChI=1S/C25H21F3N4O3S/c26-25(27,28)18-9-12-23(32-16-29-20-5-1-2-6-22(20)32)21(15-18)30-24(33)17-7-10-19(11-8-17)36(34,35)31-13-3-4-14-31/h1-2,5-12,15-16H,3-4,13-14H2,(H,30,33). The summed E-state index contributed by atoms with van der Waals surface area (Å²) in [7, 11) is -3.65. The number of fused-ring (bicyclic) bond motifs is 1. The van der Waals surface area contributed by atoms with E-state index in [0.717, 1.165) is 25.0 Å². The normalized spacial score (nSPS) is 14.9. The number of amides is 1. The molecule has 1 saturated heterocycles. The van der Waals surface area contributed by atoms with Crippen molar-refractivity contribution in [3.63, 3.8) is 0 Å². The first kappa shape index (κ1) is 24.0. The Morgan fingerprint density at radius 2 is 1.64 bits per heavy atom. The summed E-state index contributed by atoms with van der Waals surface area (Å²) in [4.78, 5) is 17.3. The van der Waals surface area contributed by atoms with E-state index in [4.69, 9.17) is 0 Å². The van der Waals surface area contributed by atoms with Crippen LogP contribution < -0.4 is 5.32 Å². The van der Waals surface area contributed by atoms with Gasteiger partial charge < -0.3 is 5.32 Å². The molecule has 0 spiro atoms. The highest BCUT2D eigenvalue weighted by atomic mass is 32.2. The fourth-order valence-electron chi connectivity index (χ4n) is 4.22. The van der Waals surface area contributed by atoms with Crippen LogP contribution in [0.2, 0.25) is 0 Å². The maximum Gasteiger partial charge on any atom is 0.416 e. The van der Waals surface area contributed by atoms with E-state index in [1.807, 2.05) is 0 Å². The van der Waals surface area contributed by atoms with Crippen molar-refractivity contribution in [3.8, 4) is 5.69 Å². The van der Waals surface area contributed by atoms with Gasteiger partial charge in [-0.25, -0.2) is 13.4 Å². The van der Waals surface area contributed by atoms with E-state index in [2.05, 4.69) is 10.3 Å². The smallest absolute Gasteiger partial charge is 0.320 e. The van der Waals surface area contributed by atoms with E-state index in [1.165, 1.54) is 41.0 Å². The highest BCUT2D eigenvalue weighted by Crippen LogP contribution is 2.34. The molecule has 4 aromatic rings. The van der Waals surface area contributed by atoms with Gasteiger partial charge in [-0.2, -0.15) is 17.5 Å². The molecule has 0 aliphatic carbocycles. The Hall–Kier alpha value is -3.70. The first-order chi connectivity index (χ1) is 17.1. The molecule has 1 N–H and O–H groups in total. The quantitative estimate of drug-likeness (QED) is 0.403. The van der Waals surface area contributed by atoms with Crippen LogP contribution in [0.5, 0.6) is 0 Å². The Kier molecular flexibility index (Phi) is 6.05. The fourth-order valence-corrected chi connectivity index (χ4v) is 5.74. The second kappa shape index (κ2) is 9.07. The van der Waals surface area contributed by atoms with E-state index in [9.17, 15) is 26.4 Å². The Balaban J connectivity index is 1.48. The molecule has 2 heterocycles. The first-order valence-corrected chi connectivity index (χ1v) is 12.6. The number of anilines is 1. The predicted molar refractivity (Wildman–Crippen MR) is 128 cm³/mol. The molecule has 0 radical (unpaired) electrons. The summed E-state index contributed by atoms with van der Waals surface area (Å²) in [6.45, 7) is 0.900. The number of hydrogen-bond donors (Lipinski definition) is 1. The van der Waals surface area contributed by atoms with Crippen LogP contribution in [0.25, 0.3) is 16.7 Å². The number of carbonyl (C=O) groups is 1. The molecule has 11 heteroatoms. The van der Waals surface area contributed by atoms with E-state index < -0.39 is 27.7 Å². The van der Waals surface area contributed by atoms with Gasteiger partial charge in [0.05, 0.1) is 32.9 Å². The second-order valence-corrected chi connectivity index (χ2v) is 10.4. The summed E-state index contributed by atoms with van der Waals surface area (Å²) in [6, 6.07) is 15.6. The van der Waals surface area contributed by atoms with Crippen molar-refractivity contribution >= 4 is 32.7 Å². The average molecular weight is 515 g/mol. The van der Waals surface area contributed by atoms with Gasteiger partial charge in [-0.1, -0.05) is 12.1 Å². The molecule has 1 aromatic heterocycles. The SMILES string of the molecule is O=C(Nc1cc(C(F)(F)F)ccc1-n1cnc2ccccc21)c1ccc(S(=O)(=O)N2CCCC2)cc1. The van der Waals surface area contributed by atoms with Crippen molar-refractivity contribution in [1.29, 1.82) is 0 Å². The van der Waals surface area contributed by atoms with E-state index in [1.54, 1.807) is 28.8 Å². The molecule has 3 aromatic carbocycles. The number of nitrogens with zero attached hydrogens (tertiary/aromatic N) is 3. The van der Waals surface area contributed by atoms with Gasteiger partial charge in [-0.15, -0.1) is 0 Å². The molecular formula is C25H21F3N4O3S. The number of alkyl halides is 3. The Labute approximate surface area is 205 Å². The summed E-state index contributed by atoms with van der Waals surface area (Å²) in [5, 5.41) is 2.56. The van der Waals surface area contributed by atoms with Crippen molar-refractivity contribution in [2.75, 3.05) is 18.4 Å². The van der Waals surface area contributed by atoms with Gasteiger partial charge in [0.25, 0.3) is 5.91 Å². The van der Waals surface area contributed by atoms with Gasteiger partial charge in [-0.3, -0.25) is 9.36 Å². The zero-order chi connectivity index (χ0) is 25.5. The predicted octanol–water partition coefficient (Wildman–Crippen LogP) is 5.08. The third kappa shape index (κ3) is 4.47. The minimum atomic E-state index is -4.61. The van der Waals surface area contributed by atoms with Crippen LogP contribution in [0.1, 0.15) is 28.8 Å². The van der Waals surface area contributed by atoms with Crippen molar-refractivity contribution in [3.05, 3.63) is 84.2 Å². The molecule has 1 fully saturated rings. The molecule has 186 valence electrons. The monoisotopic (exact) mass is 514 g/mol. The minimum Gasteiger partial charge on any atom is -0.320 e. The topological polar surface area (TPSA) is 84.3 Å². The summed E-state index contributed by atoms with van der Waals surface area (Å²) < 4.78 is 68.8. The first-order valence-electron chi connectivity index (χ1n) is 11.2. The van der Waals surface area contributed by atoms with Crippen LogP contribution in [0.4, 0.5) is 18.9 Å². The van der Waals surface area contributed by atoms with Crippen molar-refractivity contribution in [1.82, 2.24) is 13.9 Å². The number of imidazole rings is 1. The minimum absolute atomic E-state index is 0.0607. The lowest BCUT2D eigenvalue weighted by Crippen LogP contribution is -2.27. The van der Waals surface area contributed by atoms with Crippen LogP contribution in [0.15, 0.2) is 78.0 Å². The summed E-state index contributed by atoms with van der Waals surface area (Å²) in [5.74, 6) is -0.676. The number of carbonyl (C=O) groups excluding carboxylic acids is 1. The third-order valence-electron chi connectivity index (χ3n) is 6.10. The van der Waals surface area contributed by atoms with Gasteiger partial charge in [0, 0.05) is 18.7 Å².